The predicted octanol–water partition coefficient (Wildman–Crippen LogP) is 6.09. The van der Waals surface area contributed by atoms with E-state index in [0.717, 1.165) is 44.5 Å². The smallest absolute Gasteiger partial charge is 0.251 e. The van der Waals surface area contributed by atoms with Crippen LogP contribution in [0.4, 0.5) is 0 Å². The van der Waals surface area contributed by atoms with Gasteiger partial charge in [0.05, 0.1) is 6.10 Å². The summed E-state index contributed by atoms with van der Waals surface area (Å²) in [7, 11) is 0. The van der Waals surface area contributed by atoms with Crippen LogP contribution in [0, 0.1) is 11.3 Å². The number of carbonyl (C=O) groups is 1. The molecule has 0 bridgehead atoms. The van der Waals surface area contributed by atoms with E-state index in [0.29, 0.717) is 11.8 Å². The maximum atomic E-state index is 13.5. The van der Waals surface area contributed by atoms with Crippen LogP contribution in [0.15, 0.2) is 29.3 Å². The zero-order valence-electron chi connectivity index (χ0n) is 22.9. The second-order valence-electron chi connectivity index (χ2n) is 12.8. The van der Waals surface area contributed by atoms with Crippen LogP contribution in [0.25, 0.3) is 0 Å². The first-order valence-electron chi connectivity index (χ1n) is 14.1. The number of benzene rings is 1. The Kier molecular flexibility index (Phi) is 6.68. The fourth-order valence-corrected chi connectivity index (χ4v) is 8.00. The Balaban J connectivity index is 1.39. The summed E-state index contributed by atoms with van der Waals surface area (Å²) in [4.78, 5) is 15.6. The van der Waals surface area contributed by atoms with Crippen molar-refractivity contribution in [3.8, 4) is 0 Å². The molecule has 1 aromatic carbocycles. The lowest BCUT2D eigenvalue weighted by Gasteiger charge is -2.56. The Morgan fingerprint density at radius 2 is 1.94 bits per heavy atom. The molecule has 2 aliphatic carbocycles. The lowest BCUT2D eigenvalue weighted by Crippen LogP contribution is -2.57. The number of amides is 1. The molecule has 0 spiro atoms. The first-order chi connectivity index (χ1) is 16.6. The summed E-state index contributed by atoms with van der Waals surface area (Å²) < 4.78 is 5.86. The first kappa shape index (κ1) is 25.0. The molecule has 35 heavy (non-hydrogen) atoms. The van der Waals surface area contributed by atoms with Gasteiger partial charge in [0.25, 0.3) is 5.91 Å². The minimum Gasteiger partial charge on any atom is -0.377 e. The Bertz CT molecular complexity index is 1010. The molecule has 192 valence electrons. The van der Waals surface area contributed by atoms with Gasteiger partial charge in [0.15, 0.2) is 0 Å². The highest BCUT2D eigenvalue weighted by Gasteiger charge is 2.53. The number of hydrogen-bond acceptors (Lipinski definition) is 3. The van der Waals surface area contributed by atoms with Gasteiger partial charge in [0.2, 0.25) is 0 Å². The van der Waals surface area contributed by atoms with Gasteiger partial charge < -0.3 is 9.64 Å². The van der Waals surface area contributed by atoms with E-state index >= 15 is 0 Å². The van der Waals surface area contributed by atoms with Gasteiger partial charge in [-0.2, -0.15) is 0 Å². The molecule has 0 radical (unpaired) electrons. The average Bonchev–Trinajstić information content (AvgIpc) is 3.41. The zero-order chi connectivity index (χ0) is 25.0. The highest BCUT2D eigenvalue weighted by Crippen LogP contribution is 2.58. The molecule has 2 aliphatic heterocycles. The Hall–Kier alpha value is -1.65. The molecule has 4 heteroatoms. The third-order valence-electron chi connectivity index (χ3n) is 10.2. The Morgan fingerprint density at radius 1 is 1.14 bits per heavy atom. The van der Waals surface area contributed by atoms with E-state index in [1.54, 1.807) is 11.1 Å². The first-order valence-corrected chi connectivity index (χ1v) is 14.1. The van der Waals surface area contributed by atoms with Gasteiger partial charge in [-0.25, -0.2) is 0 Å². The molecule has 4 aliphatic rings. The van der Waals surface area contributed by atoms with Crippen LogP contribution >= 0.6 is 0 Å². The number of nitrogens with zero attached hydrogens (tertiary/aromatic N) is 1. The molecule has 0 aromatic heterocycles. The van der Waals surface area contributed by atoms with Crippen molar-refractivity contribution in [3.05, 3.63) is 46.0 Å². The highest BCUT2D eigenvalue weighted by molar-refractivity contribution is 5.97. The van der Waals surface area contributed by atoms with E-state index in [9.17, 15) is 4.79 Å². The quantitative estimate of drug-likeness (QED) is 0.538. The zero-order valence-corrected chi connectivity index (χ0v) is 22.9. The molecule has 1 saturated carbocycles. The third-order valence-corrected chi connectivity index (χ3v) is 10.2. The van der Waals surface area contributed by atoms with E-state index in [2.05, 4.69) is 63.0 Å². The van der Waals surface area contributed by atoms with Crippen LogP contribution in [-0.4, -0.2) is 42.8 Å². The van der Waals surface area contributed by atoms with Crippen molar-refractivity contribution in [3.63, 3.8) is 0 Å². The average molecular weight is 479 g/mol. The summed E-state index contributed by atoms with van der Waals surface area (Å²) in [6.07, 6.45) is 8.62. The van der Waals surface area contributed by atoms with Gasteiger partial charge in [0, 0.05) is 25.3 Å². The second-order valence-corrected chi connectivity index (χ2v) is 12.8. The van der Waals surface area contributed by atoms with Gasteiger partial charge in [-0.15, -0.1) is 0 Å². The standard InChI is InChI=1S/C31H46N2O2/c1-20(2)23-10-12-26-24(17-23)11-13-27-30(5,14-8-15-31(26,27)6)19-33-28(21(3)22(4)29(33)34)32-18-25-9-7-16-35-25/h10,12,17,20,25,27-28,32H,7-9,11,13-16,18-19H2,1-6H3/t25-,27-,28+,30-,31-/m0/s1. The summed E-state index contributed by atoms with van der Waals surface area (Å²) in [5.41, 5.74) is 7.03. The van der Waals surface area contributed by atoms with Gasteiger partial charge in [0.1, 0.15) is 6.17 Å². The van der Waals surface area contributed by atoms with Crippen molar-refractivity contribution >= 4 is 5.91 Å². The van der Waals surface area contributed by atoms with Crippen LogP contribution in [0.2, 0.25) is 0 Å². The topological polar surface area (TPSA) is 41.6 Å². The fourth-order valence-electron chi connectivity index (χ4n) is 8.00. The summed E-state index contributed by atoms with van der Waals surface area (Å²) in [6.45, 7) is 16.3. The van der Waals surface area contributed by atoms with Crippen LogP contribution in [-0.2, 0) is 21.4 Å². The number of carbonyl (C=O) groups excluding carboxylic acids is 1. The maximum absolute atomic E-state index is 13.5. The fraction of sp³-hybridized carbons (Fsp3) is 0.710. The maximum Gasteiger partial charge on any atom is 0.251 e. The summed E-state index contributed by atoms with van der Waals surface area (Å²) in [6, 6.07) is 7.30. The van der Waals surface area contributed by atoms with E-state index in [1.165, 1.54) is 36.8 Å². The molecule has 4 nitrogen and oxygen atoms in total. The molecule has 1 saturated heterocycles. The number of rotatable bonds is 6. The lowest BCUT2D eigenvalue weighted by molar-refractivity contribution is -0.131. The SMILES string of the molecule is CC1=C(C)[C@H](NC[C@@H]2CCCO2)N(C[C@]2(C)CCC[C@@]3(C)c4ccc(C(C)C)cc4CC[C@@H]23)C1=O. The van der Waals surface area contributed by atoms with Gasteiger partial charge in [-0.1, -0.05) is 52.3 Å². The minimum atomic E-state index is 0.00110. The van der Waals surface area contributed by atoms with Crippen LogP contribution in [0.5, 0.6) is 0 Å². The van der Waals surface area contributed by atoms with Gasteiger partial charge in [-0.3, -0.25) is 10.1 Å². The molecule has 2 fully saturated rings. The summed E-state index contributed by atoms with van der Waals surface area (Å²) >= 11 is 0. The highest BCUT2D eigenvalue weighted by atomic mass is 16.5. The van der Waals surface area contributed by atoms with Gasteiger partial charge >= 0.3 is 0 Å². The Labute approximate surface area is 212 Å². The summed E-state index contributed by atoms with van der Waals surface area (Å²) in [5.74, 6) is 1.38. The lowest BCUT2D eigenvalue weighted by atomic mass is 9.49. The molecule has 5 rings (SSSR count). The van der Waals surface area contributed by atoms with Crippen molar-refractivity contribution in [2.75, 3.05) is 19.7 Å². The monoisotopic (exact) mass is 478 g/mol. The van der Waals surface area contributed by atoms with E-state index in [4.69, 9.17) is 4.74 Å². The van der Waals surface area contributed by atoms with Crippen molar-refractivity contribution in [2.24, 2.45) is 11.3 Å². The number of nitrogens with one attached hydrogen (secondary N) is 1. The Morgan fingerprint density at radius 3 is 2.66 bits per heavy atom. The van der Waals surface area contributed by atoms with Crippen LogP contribution < -0.4 is 5.32 Å². The van der Waals surface area contributed by atoms with Crippen molar-refractivity contribution in [1.82, 2.24) is 10.2 Å². The molecule has 1 amide bonds. The predicted molar refractivity (Wildman–Crippen MR) is 143 cm³/mol. The molecular formula is C31H46N2O2. The number of ether oxygens (including phenoxy) is 1. The summed E-state index contributed by atoms with van der Waals surface area (Å²) in [5, 5.41) is 3.73. The van der Waals surface area contributed by atoms with E-state index in [1.807, 2.05) is 6.92 Å². The third kappa shape index (κ3) is 4.29. The van der Waals surface area contributed by atoms with Crippen LogP contribution in [0.3, 0.4) is 0 Å². The molecule has 2 heterocycles. The number of hydrogen-bond donors (Lipinski definition) is 1. The van der Waals surface area contributed by atoms with Crippen molar-refractivity contribution in [1.29, 1.82) is 0 Å². The molecule has 1 N–H and O–H groups in total. The van der Waals surface area contributed by atoms with Crippen molar-refractivity contribution < 1.29 is 9.53 Å². The normalized spacial score (nSPS) is 35.1. The van der Waals surface area contributed by atoms with E-state index < -0.39 is 0 Å². The van der Waals surface area contributed by atoms with Gasteiger partial charge in [-0.05, 0) is 97.3 Å². The molecule has 1 aromatic rings. The number of aryl methyl sites for hydroxylation is 1. The minimum absolute atomic E-state index is 0.00110. The number of fused-ring (bicyclic) bond motifs is 3. The van der Waals surface area contributed by atoms with Crippen LogP contribution in [0.1, 0.15) is 103 Å². The second kappa shape index (κ2) is 9.34. The van der Waals surface area contributed by atoms with E-state index in [-0.39, 0.29) is 29.0 Å². The molecule has 5 atom stereocenters. The largest absolute Gasteiger partial charge is 0.377 e. The van der Waals surface area contributed by atoms with Crippen molar-refractivity contribution in [2.45, 2.75) is 110 Å². The molecular weight excluding hydrogens is 432 g/mol. The molecule has 0 unspecified atom stereocenters.